The first-order chi connectivity index (χ1) is 32.7. The van der Waals surface area contributed by atoms with Crippen molar-refractivity contribution >= 4 is 11.9 Å². The molecule has 1 saturated heterocycles. The molecule has 6 N–H and O–H groups in total. The molecule has 0 bridgehead atoms. The Hall–Kier alpha value is -3.42. The minimum Gasteiger partial charge on any atom is -0.454 e. The van der Waals surface area contributed by atoms with E-state index in [0.717, 1.165) is 83.5 Å². The minimum absolute atomic E-state index is 0.0696. The van der Waals surface area contributed by atoms with Crippen LogP contribution in [-0.4, -0.2) is 99.6 Å². The summed E-state index contributed by atoms with van der Waals surface area (Å²) in [7, 11) is 0. The Bertz CT molecular complexity index is 1450. The average molecular weight is 940 g/mol. The highest BCUT2D eigenvalue weighted by atomic mass is 16.7. The van der Waals surface area contributed by atoms with Gasteiger partial charge in [-0.2, -0.15) is 0 Å². The van der Waals surface area contributed by atoms with Crippen molar-refractivity contribution < 1.29 is 49.3 Å². The quantitative estimate of drug-likeness (QED) is 0.0150. The molecule has 0 spiro atoms. The second kappa shape index (κ2) is 43.8. The van der Waals surface area contributed by atoms with Crippen LogP contribution in [-0.2, 0) is 23.8 Å². The van der Waals surface area contributed by atoms with E-state index in [2.05, 4.69) is 50.4 Å². The molecule has 0 aromatic rings. The van der Waals surface area contributed by atoms with Crippen LogP contribution in [0.2, 0.25) is 0 Å². The molecule has 8 atom stereocenters. The molecule has 67 heavy (non-hydrogen) atoms. The molecule has 1 heterocycles. The largest absolute Gasteiger partial charge is 0.454 e. The number of unbranched alkanes of at least 4 members (excludes halogenated alkanes) is 18. The van der Waals surface area contributed by atoms with Gasteiger partial charge in [-0.3, -0.25) is 9.59 Å². The molecule has 1 fully saturated rings. The topological polar surface area (TPSA) is 175 Å². The Kier molecular flexibility index (Phi) is 40.3. The van der Waals surface area contributed by atoms with Gasteiger partial charge in [0.25, 0.3) is 0 Å². The lowest BCUT2D eigenvalue weighted by Gasteiger charge is -2.41. The lowest BCUT2D eigenvalue weighted by atomic mass is 9.99. The molecule has 1 aliphatic rings. The standard InChI is InChI=1S/C56H93NO10/c1-4-7-10-13-16-19-22-25-28-30-33-36-39-42-48(59)47(57-55(64)49(60)43-40-37-34-31-27-24-21-18-15-12-9-6-3)46-65-56-54(53(63)52(62)50(45-58)66-56)67-51(61)44-41-38-35-32-29-26-23-20-17-14-11-8-5-2/h8-9,11-12,14-15,17-18,20-21,23-24,26,29,39,42,47-50,52-54,56,58-60,62-63H,4-7,10,13,16,19,22,25,27-28,30-38,40-41,43-46H2,1-3H3,(H,57,64)/b11-8+,12-9+,17-14+,18-15+,23-20-,24-21-,29-26-,42-39+. The van der Waals surface area contributed by atoms with Gasteiger partial charge in [-0.15, -0.1) is 0 Å². The third kappa shape index (κ3) is 32.9. The summed E-state index contributed by atoms with van der Waals surface area (Å²) in [6, 6.07) is -1.05. The highest BCUT2D eigenvalue weighted by Gasteiger charge is 2.47. The summed E-state index contributed by atoms with van der Waals surface area (Å²) in [4.78, 5) is 26.3. The maximum Gasteiger partial charge on any atom is 0.306 e. The number of carbonyl (C=O) groups excluding carboxylic acids is 2. The summed E-state index contributed by atoms with van der Waals surface area (Å²) in [5.74, 6) is -1.27. The number of rotatable bonds is 41. The molecule has 0 aliphatic carbocycles. The van der Waals surface area contributed by atoms with Crippen LogP contribution in [0.1, 0.15) is 181 Å². The summed E-state index contributed by atoms with van der Waals surface area (Å²) in [5.41, 5.74) is 0. The van der Waals surface area contributed by atoms with Gasteiger partial charge in [-0.1, -0.05) is 208 Å². The van der Waals surface area contributed by atoms with Crippen LogP contribution in [0.5, 0.6) is 0 Å². The number of esters is 1. The van der Waals surface area contributed by atoms with Gasteiger partial charge in [0.15, 0.2) is 12.4 Å². The van der Waals surface area contributed by atoms with Gasteiger partial charge in [-0.25, -0.2) is 0 Å². The number of carbonyl (C=O) groups is 2. The highest BCUT2D eigenvalue weighted by Crippen LogP contribution is 2.26. The number of ether oxygens (including phenoxy) is 3. The smallest absolute Gasteiger partial charge is 0.306 e. The zero-order valence-corrected chi connectivity index (χ0v) is 41.7. The van der Waals surface area contributed by atoms with Crippen molar-refractivity contribution in [1.82, 2.24) is 5.32 Å². The van der Waals surface area contributed by atoms with E-state index >= 15 is 0 Å². The Labute approximate surface area is 405 Å². The van der Waals surface area contributed by atoms with Gasteiger partial charge in [0, 0.05) is 6.42 Å². The molecular formula is C56H93NO10. The molecule has 11 heteroatoms. The van der Waals surface area contributed by atoms with Crippen molar-refractivity contribution in [3.63, 3.8) is 0 Å². The highest BCUT2D eigenvalue weighted by molar-refractivity contribution is 5.80. The third-order valence-corrected chi connectivity index (χ3v) is 11.6. The Morgan fingerprint density at radius 1 is 0.597 bits per heavy atom. The summed E-state index contributed by atoms with van der Waals surface area (Å²) in [5, 5.41) is 56.6. The lowest BCUT2D eigenvalue weighted by Crippen LogP contribution is -2.61. The molecule has 0 aromatic heterocycles. The van der Waals surface area contributed by atoms with Crippen LogP contribution in [0, 0.1) is 0 Å². The van der Waals surface area contributed by atoms with Crippen LogP contribution < -0.4 is 5.32 Å². The van der Waals surface area contributed by atoms with Gasteiger partial charge in [0.05, 0.1) is 25.4 Å². The van der Waals surface area contributed by atoms with Gasteiger partial charge < -0.3 is 45.1 Å². The van der Waals surface area contributed by atoms with Gasteiger partial charge in [0.1, 0.15) is 24.4 Å². The van der Waals surface area contributed by atoms with Crippen molar-refractivity contribution in [2.75, 3.05) is 13.2 Å². The molecule has 0 aromatic carbocycles. The first-order valence-corrected chi connectivity index (χ1v) is 26.1. The molecule has 8 unspecified atom stereocenters. The van der Waals surface area contributed by atoms with Crippen LogP contribution in [0.15, 0.2) is 97.2 Å². The van der Waals surface area contributed by atoms with E-state index in [9.17, 15) is 35.1 Å². The number of aliphatic hydroxyl groups is 5. The van der Waals surface area contributed by atoms with E-state index in [1.54, 1.807) is 6.08 Å². The second-order valence-corrected chi connectivity index (χ2v) is 17.6. The van der Waals surface area contributed by atoms with Crippen LogP contribution >= 0.6 is 0 Å². The van der Waals surface area contributed by atoms with Crippen molar-refractivity contribution in [3.8, 4) is 0 Å². The number of aliphatic hydroxyl groups excluding tert-OH is 5. The van der Waals surface area contributed by atoms with E-state index in [-0.39, 0.29) is 19.4 Å². The average Bonchev–Trinajstić information content (AvgIpc) is 3.32. The number of hydrogen-bond acceptors (Lipinski definition) is 10. The van der Waals surface area contributed by atoms with E-state index in [0.29, 0.717) is 12.8 Å². The molecule has 1 amide bonds. The molecule has 1 aliphatic heterocycles. The molecule has 11 nitrogen and oxygen atoms in total. The van der Waals surface area contributed by atoms with Gasteiger partial charge in [-0.05, 0) is 64.2 Å². The predicted molar refractivity (Wildman–Crippen MR) is 273 cm³/mol. The predicted octanol–water partition coefficient (Wildman–Crippen LogP) is 10.8. The van der Waals surface area contributed by atoms with Gasteiger partial charge in [0.2, 0.25) is 5.91 Å². The first kappa shape index (κ1) is 61.6. The number of amides is 1. The maximum absolute atomic E-state index is 13.3. The Balaban J connectivity index is 2.84. The zero-order chi connectivity index (χ0) is 49.0. The molecule has 382 valence electrons. The fourth-order valence-electron chi connectivity index (χ4n) is 7.48. The van der Waals surface area contributed by atoms with E-state index in [1.807, 2.05) is 66.8 Å². The van der Waals surface area contributed by atoms with Crippen molar-refractivity contribution in [2.24, 2.45) is 0 Å². The van der Waals surface area contributed by atoms with Crippen LogP contribution in [0.4, 0.5) is 0 Å². The summed E-state index contributed by atoms with van der Waals surface area (Å²) in [6.07, 6.45) is 46.1. The number of nitrogens with one attached hydrogen (secondary N) is 1. The molecule has 0 radical (unpaired) electrons. The third-order valence-electron chi connectivity index (χ3n) is 11.6. The first-order valence-electron chi connectivity index (χ1n) is 26.1. The Morgan fingerprint density at radius 3 is 1.61 bits per heavy atom. The SMILES string of the molecule is CC/C=C/C=C/C=C\C=C/CCCCCC(=O)OC1C(OCC(NC(=O)C(O)CCCCCC\C=C/C=C/C=C/CC)C(O)/C=C/CCCCCCCCCCCCC)OC(CO)C(O)C1O. The second-order valence-electron chi connectivity index (χ2n) is 17.6. The van der Waals surface area contributed by atoms with Gasteiger partial charge >= 0.3 is 5.97 Å². The summed E-state index contributed by atoms with van der Waals surface area (Å²) < 4.78 is 17.5. The minimum atomic E-state index is -1.64. The van der Waals surface area contributed by atoms with E-state index < -0.39 is 67.4 Å². The number of allylic oxidation sites excluding steroid dienone is 15. The van der Waals surface area contributed by atoms with E-state index in [1.165, 1.54) is 51.4 Å². The van der Waals surface area contributed by atoms with Crippen molar-refractivity contribution in [1.29, 1.82) is 0 Å². The zero-order valence-electron chi connectivity index (χ0n) is 41.7. The molecule has 1 rings (SSSR count). The number of hydrogen-bond donors (Lipinski definition) is 6. The molecule has 0 saturated carbocycles. The lowest BCUT2D eigenvalue weighted by molar-refractivity contribution is -0.305. The normalized spacial score (nSPS) is 20.9. The molecular weight excluding hydrogens is 847 g/mol. The Morgan fingerprint density at radius 2 is 1.07 bits per heavy atom. The monoisotopic (exact) mass is 940 g/mol. The summed E-state index contributed by atoms with van der Waals surface area (Å²) in [6.45, 7) is 5.43. The van der Waals surface area contributed by atoms with Crippen LogP contribution in [0.25, 0.3) is 0 Å². The fourth-order valence-corrected chi connectivity index (χ4v) is 7.48. The van der Waals surface area contributed by atoms with E-state index in [4.69, 9.17) is 14.2 Å². The summed E-state index contributed by atoms with van der Waals surface area (Å²) >= 11 is 0. The van der Waals surface area contributed by atoms with Crippen LogP contribution in [0.3, 0.4) is 0 Å². The fraction of sp³-hybridized carbons (Fsp3) is 0.679. The maximum atomic E-state index is 13.3. The van der Waals surface area contributed by atoms with Crippen molar-refractivity contribution in [2.45, 2.75) is 230 Å². The van der Waals surface area contributed by atoms with Crippen molar-refractivity contribution in [3.05, 3.63) is 97.2 Å².